The predicted octanol–water partition coefficient (Wildman–Crippen LogP) is 3.57. The topological polar surface area (TPSA) is 58.2 Å². The van der Waals surface area contributed by atoms with Gasteiger partial charge in [-0.2, -0.15) is 0 Å². The molecule has 0 aliphatic heterocycles. The van der Waals surface area contributed by atoms with Crippen LogP contribution in [0.4, 0.5) is 11.4 Å². The first-order valence-corrected chi connectivity index (χ1v) is 6.44. The number of carbonyl (C=O) groups excluding carboxylic acids is 2. The molecular formula is C14H10Cl2N2O2. The van der Waals surface area contributed by atoms with Crippen molar-refractivity contribution < 1.29 is 9.59 Å². The number of carbonyl (C=O) groups is 2. The van der Waals surface area contributed by atoms with Gasteiger partial charge in [0.25, 0.3) is 0 Å². The number of hydrogen-bond acceptors (Lipinski definition) is 2. The van der Waals surface area contributed by atoms with Crippen LogP contribution in [-0.2, 0) is 9.59 Å². The summed E-state index contributed by atoms with van der Waals surface area (Å²) in [6.45, 7) is 0. The number of benzene rings is 2. The third kappa shape index (κ3) is 3.73. The summed E-state index contributed by atoms with van der Waals surface area (Å²) >= 11 is 11.7. The normalized spacial score (nSPS) is 9.90. The highest BCUT2D eigenvalue weighted by molar-refractivity contribution is 6.45. The lowest BCUT2D eigenvalue weighted by molar-refractivity contribution is -0.132. The van der Waals surface area contributed by atoms with E-state index >= 15 is 0 Å². The van der Waals surface area contributed by atoms with Crippen LogP contribution in [-0.4, -0.2) is 11.8 Å². The smallest absolute Gasteiger partial charge is 0.314 e. The molecule has 2 aromatic rings. The van der Waals surface area contributed by atoms with Gasteiger partial charge in [-0.15, -0.1) is 0 Å². The molecule has 0 aliphatic carbocycles. The first kappa shape index (κ1) is 14.4. The van der Waals surface area contributed by atoms with Gasteiger partial charge in [-0.1, -0.05) is 41.4 Å². The van der Waals surface area contributed by atoms with Gasteiger partial charge in [0, 0.05) is 10.7 Å². The molecule has 2 N–H and O–H groups in total. The maximum Gasteiger partial charge on any atom is 0.314 e. The molecule has 0 saturated carbocycles. The van der Waals surface area contributed by atoms with Crippen LogP contribution in [0.5, 0.6) is 0 Å². The van der Waals surface area contributed by atoms with E-state index in [0.29, 0.717) is 21.4 Å². The van der Waals surface area contributed by atoms with Crippen molar-refractivity contribution in [2.24, 2.45) is 0 Å². The number of rotatable bonds is 2. The molecule has 0 unspecified atom stereocenters. The highest BCUT2D eigenvalue weighted by atomic mass is 35.5. The Balaban J connectivity index is 2.03. The number of para-hydroxylation sites is 1. The Morgan fingerprint density at radius 3 is 2.25 bits per heavy atom. The van der Waals surface area contributed by atoms with Crippen LogP contribution in [0.2, 0.25) is 10.0 Å². The number of amides is 2. The Morgan fingerprint density at radius 1 is 0.850 bits per heavy atom. The molecule has 0 aromatic heterocycles. The van der Waals surface area contributed by atoms with E-state index < -0.39 is 11.8 Å². The second kappa shape index (κ2) is 6.41. The average Bonchev–Trinajstić information content (AvgIpc) is 2.41. The summed E-state index contributed by atoms with van der Waals surface area (Å²) in [6, 6.07) is 13.2. The van der Waals surface area contributed by atoms with E-state index in [9.17, 15) is 9.59 Å². The predicted molar refractivity (Wildman–Crippen MR) is 80.2 cm³/mol. The summed E-state index contributed by atoms with van der Waals surface area (Å²) in [5.41, 5.74) is 0.817. The fourth-order valence-corrected chi connectivity index (χ4v) is 1.87. The minimum absolute atomic E-state index is 0.358. The molecule has 0 heterocycles. The standard InChI is InChI=1S/C14H10Cl2N2O2/c15-9-4-3-5-10(8-9)17-13(19)14(20)18-12-7-2-1-6-11(12)16/h1-8H,(H,17,19)(H,18,20). The summed E-state index contributed by atoms with van der Waals surface area (Å²) in [4.78, 5) is 23.5. The van der Waals surface area contributed by atoms with Gasteiger partial charge < -0.3 is 10.6 Å². The molecule has 0 bridgehead atoms. The van der Waals surface area contributed by atoms with Crippen LogP contribution in [0.1, 0.15) is 0 Å². The fourth-order valence-electron chi connectivity index (χ4n) is 1.50. The summed E-state index contributed by atoms with van der Waals surface area (Å²) in [7, 11) is 0. The van der Waals surface area contributed by atoms with Crippen LogP contribution < -0.4 is 10.6 Å². The lowest BCUT2D eigenvalue weighted by Gasteiger charge is -2.07. The van der Waals surface area contributed by atoms with E-state index in [2.05, 4.69) is 10.6 Å². The number of halogens is 2. The molecule has 102 valence electrons. The maximum atomic E-state index is 11.7. The van der Waals surface area contributed by atoms with Gasteiger partial charge in [0.05, 0.1) is 10.7 Å². The zero-order valence-corrected chi connectivity index (χ0v) is 11.7. The molecule has 0 radical (unpaired) electrons. The van der Waals surface area contributed by atoms with Crippen molar-refractivity contribution in [3.63, 3.8) is 0 Å². The van der Waals surface area contributed by atoms with Crippen molar-refractivity contribution in [3.05, 3.63) is 58.6 Å². The molecular weight excluding hydrogens is 299 g/mol. The number of hydrogen-bond donors (Lipinski definition) is 2. The lowest BCUT2D eigenvalue weighted by Crippen LogP contribution is -2.29. The minimum Gasteiger partial charge on any atom is -0.318 e. The summed E-state index contributed by atoms with van der Waals surface area (Å²) in [5.74, 6) is -1.61. The van der Waals surface area contributed by atoms with Crippen LogP contribution in [0.25, 0.3) is 0 Å². The second-order valence-corrected chi connectivity index (χ2v) is 4.74. The summed E-state index contributed by atoms with van der Waals surface area (Å²) in [5, 5.41) is 5.70. The average molecular weight is 309 g/mol. The Kier molecular flexibility index (Phi) is 4.61. The van der Waals surface area contributed by atoms with E-state index in [1.807, 2.05) is 0 Å². The van der Waals surface area contributed by atoms with Gasteiger partial charge in [0.15, 0.2) is 0 Å². The minimum atomic E-state index is -0.807. The molecule has 0 aliphatic rings. The van der Waals surface area contributed by atoms with Crippen molar-refractivity contribution in [1.29, 1.82) is 0 Å². The molecule has 2 aromatic carbocycles. The summed E-state index contributed by atoms with van der Waals surface area (Å²) < 4.78 is 0. The number of nitrogens with one attached hydrogen (secondary N) is 2. The zero-order chi connectivity index (χ0) is 14.5. The van der Waals surface area contributed by atoms with Gasteiger partial charge in [-0.05, 0) is 30.3 Å². The van der Waals surface area contributed by atoms with E-state index in [1.54, 1.807) is 48.5 Å². The van der Waals surface area contributed by atoms with Gasteiger partial charge in [-0.25, -0.2) is 0 Å². The van der Waals surface area contributed by atoms with Gasteiger partial charge in [0.1, 0.15) is 0 Å². The van der Waals surface area contributed by atoms with Gasteiger partial charge in [-0.3, -0.25) is 9.59 Å². The van der Waals surface area contributed by atoms with E-state index in [0.717, 1.165) is 0 Å². The SMILES string of the molecule is O=C(Nc1cccc(Cl)c1)C(=O)Nc1ccccc1Cl. The van der Waals surface area contributed by atoms with Crippen LogP contribution in [0.3, 0.4) is 0 Å². The first-order valence-electron chi connectivity index (χ1n) is 5.68. The third-order valence-electron chi connectivity index (χ3n) is 2.41. The molecule has 0 saturated heterocycles. The number of anilines is 2. The first-order chi connectivity index (χ1) is 9.56. The van der Waals surface area contributed by atoms with E-state index in [-0.39, 0.29) is 0 Å². The summed E-state index contributed by atoms with van der Waals surface area (Å²) in [6.07, 6.45) is 0. The van der Waals surface area contributed by atoms with Gasteiger partial charge >= 0.3 is 11.8 Å². The van der Waals surface area contributed by atoms with Crippen molar-refractivity contribution in [3.8, 4) is 0 Å². The van der Waals surface area contributed by atoms with Crippen molar-refractivity contribution in [2.45, 2.75) is 0 Å². The molecule has 2 amide bonds. The highest BCUT2D eigenvalue weighted by Crippen LogP contribution is 2.20. The molecule has 2 rings (SSSR count). The monoisotopic (exact) mass is 308 g/mol. The van der Waals surface area contributed by atoms with Gasteiger partial charge in [0.2, 0.25) is 0 Å². The van der Waals surface area contributed by atoms with E-state index in [1.165, 1.54) is 0 Å². The quantitative estimate of drug-likeness (QED) is 0.833. The van der Waals surface area contributed by atoms with Crippen LogP contribution in [0.15, 0.2) is 48.5 Å². The molecule has 0 spiro atoms. The van der Waals surface area contributed by atoms with Crippen molar-refractivity contribution in [2.75, 3.05) is 10.6 Å². The van der Waals surface area contributed by atoms with Crippen molar-refractivity contribution in [1.82, 2.24) is 0 Å². The third-order valence-corrected chi connectivity index (χ3v) is 2.98. The Labute approximate surface area is 125 Å². The molecule has 20 heavy (non-hydrogen) atoms. The zero-order valence-electron chi connectivity index (χ0n) is 10.2. The molecule has 0 atom stereocenters. The van der Waals surface area contributed by atoms with Crippen LogP contribution >= 0.6 is 23.2 Å². The molecule has 6 heteroatoms. The maximum absolute atomic E-state index is 11.7. The Hall–Kier alpha value is -2.04. The second-order valence-electron chi connectivity index (χ2n) is 3.90. The highest BCUT2D eigenvalue weighted by Gasteiger charge is 2.15. The largest absolute Gasteiger partial charge is 0.318 e. The molecule has 4 nitrogen and oxygen atoms in total. The fraction of sp³-hybridized carbons (Fsp3) is 0. The van der Waals surface area contributed by atoms with E-state index in [4.69, 9.17) is 23.2 Å². The Bertz CT molecular complexity index is 659. The molecule has 0 fully saturated rings. The Morgan fingerprint density at radius 2 is 1.55 bits per heavy atom. The lowest BCUT2D eigenvalue weighted by atomic mass is 10.3. The van der Waals surface area contributed by atoms with Crippen molar-refractivity contribution >= 4 is 46.4 Å². The van der Waals surface area contributed by atoms with Crippen LogP contribution in [0, 0.1) is 0 Å².